The van der Waals surface area contributed by atoms with E-state index in [4.69, 9.17) is 9.72 Å². The third-order valence-electron chi connectivity index (χ3n) is 4.61. The van der Waals surface area contributed by atoms with Crippen LogP contribution in [0.4, 0.5) is 5.82 Å². The minimum absolute atomic E-state index is 0.547. The molecule has 0 amide bonds. The molecule has 0 aliphatic carbocycles. The zero-order valence-corrected chi connectivity index (χ0v) is 13.1. The summed E-state index contributed by atoms with van der Waals surface area (Å²) >= 11 is 0. The van der Waals surface area contributed by atoms with Crippen LogP contribution in [0.1, 0.15) is 44.2 Å². The first-order valence-electron chi connectivity index (χ1n) is 8.42. The maximum absolute atomic E-state index is 5.49. The van der Waals surface area contributed by atoms with E-state index in [0.29, 0.717) is 6.04 Å². The van der Waals surface area contributed by atoms with Crippen molar-refractivity contribution in [2.24, 2.45) is 0 Å². The molecule has 0 unspecified atom stereocenters. The van der Waals surface area contributed by atoms with Crippen LogP contribution in [0.25, 0.3) is 0 Å². The predicted molar refractivity (Wildman–Crippen MR) is 85.7 cm³/mol. The van der Waals surface area contributed by atoms with Crippen molar-refractivity contribution < 1.29 is 4.74 Å². The first-order chi connectivity index (χ1) is 10.4. The lowest BCUT2D eigenvalue weighted by Gasteiger charge is -2.38. The van der Waals surface area contributed by atoms with Gasteiger partial charge in [0.15, 0.2) is 0 Å². The molecular formula is C17H27N3O. The highest BCUT2D eigenvalue weighted by molar-refractivity contribution is 5.49. The summed E-state index contributed by atoms with van der Waals surface area (Å²) < 4.78 is 5.49. The Morgan fingerprint density at radius 2 is 2.10 bits per heavy atom. The zero-order valence-electron chi connectivity index (χ0n) is 13.1. The molecule has 0 N–H and O–H groups in total. The minimum Gasteiger partial charge on any atom is -0.378 e. The summed E-state index contributed by atoms with van der Waals surface area (Å²) in [7, 11) is 0. The Hall–Kier alpha value is -1.13. The van der Waals surface area contributed by atoms with Crippen molar-refractivity contribution in [2.75, 3.05) is 44.3 Å². The molecule has 1 atom stereocenters. The van der Waals surface area contributed by atoms with Crippen LogP contribution in [-0.4, -0.2) is 49.3 Å². The highest BCUT2D eigenvalue weighted by Gasteiger charge is 2.27. The third-order valence-corrected chi connectivity index (χ3v) is 4.61. The summed E-state index contributed by atoms with van der Waals surface area (Å²) in [6.45, 7) is 8.27. The Balaban J connectivity index is 1.85. The number of aromatic nitrogens is 1. The van der Waals surface area contributed by atoms with Gasteiger partial charge in [-0.2, -0.15) is 0 Å². The van der Waals surface area contributed by atoms with Crippen LogP contribution in [0, 0.1) is 0 Å². The molecule has 3 rings (SSSR count). The monoisotopic (exact) mass is 289 g/mol. The normalized spacial score (nSPS) is 24.2. The molecule has 1 aromatic rings. The molecule has 3 heterocycles. The van der Waals surface area contributed by atoms with Crippen LogP contribution in [0.2, 0.25) is 0 Å². The van der Waals surface area contributed by atoms with Crippen LogP contribution in [-0.2, 0) is 4.74 Å². The van der Waals surface area contributed by atoms with Gasteiger partial charge in [-0.1, -0.05) is 19.4 Å². The van der Waals surface area contributed by atoms with Crippen molar-refractivity contribution in [3.63, 3.8) is 0 Å². The molecule has 4 heteroatoms. The van der Waals surface area contributed by atoms with E-state index in [1.54, 1.807) is 0 Å². The molecule has 0 aromatic carbocycles. The second-order valence-electron chi connectivity index (χ2n) is 6.06. The maximum Gasteiger partial charge on any atom is 0.133 e. The number of ether oxygens (including phenoxy) is 1. The molecule has 2 aliphatic heterocycles. The Bertz CT molecular complexity index is 443. The smallest absolute Gasteiger partial charge is 0.133 e. The highest BCUT2D eigenvalue weighted by Crippen LogP contribution is 2.35. The molecule has 2 aliphatic rings. The van der Waals surface area contributed by atoms with Gasteiger partial charge in [-0.15, -0.1) is 0 Å². The number of piperidine rings is 1. The molecule has 21 heavy (non-hydrogen) atoms. The average molecular weight is 289 g/mol. The number of likely N-dealkylation sites (tertiary alicyclic amines) is 1. The van der Waals surface area contributed by atoms with Crippen LogP contribution < -0.4 is 4.90 Å². The summed E-state index contributed by atoms with van der Waals surface area (Å²) in [5.74, 6) is 1.19. The van der Waals surface area contributed by atoms with Gasteiger partial charge < -0.3 is 9.64 Å². The Morgan fingerprint density at radius 1 is 1.24 bits per heavy atom. The van der Waals surface area contributed by atoms with Gasteiger partial charge in [-0.25, -0.2) is 4.98 Å². The number of morpholine rings is 1. The van der Waals surface area contributed by atoms with E-state index in [9.17, 15) is 0 Å². The van der Waals surface area contributed by atoms with Gasteiger partial charge >= 0.3 is 0 Å². The van der Waals surface area contributed by atoms with Crippen molar-refractivity contribution in [1.82, 2.24) is 9.88 Å². The number of rotatable bonds is 4. The van der Waals surface area contributed by atoms with E-state index in [2.05, 4.69) is 28.9 Å². The van der Waals surface area contributed by atoms with Gasteiger partial charge in [-0.3, -0.25) is 4.90 Å². The van der Waals surface area contributed by atoms with Gasteiger partial charge in [-0.05, 0) is 38.4 Å². The summed E-state index contributed by atoms with van der Waals surface area (Å²) in [5, 5.41) is 0. The second-order valence-corrected chi connectivity index (χ2v) is 6.06. The molecule has 1 aromatic heterocycles. The number of hydrogen-bond donors (Lipinski definition) is 0. The van der Waals surface area contributed by atoms with E-state index in [1.165, 1.54) is 50.2 Å². The van der Waals surface area contributed by atoms with E-state index in [0.717, 1.165) is 26.3 Å². The fraction of sp³-hybridized carbons (Fsp3) is 0.706. The topological polar surface area (TPSA) is 28.6 Å². The van der Waals surface area contributed by atoms with E-state index in [1.807, 2.05) is 6.20 Å². The van der Waals surface area contributed by atoms with Crippen LogP contribution >= 0.6 is 0 Å². The molecule has 2 fully saturated rings. The number of hydrogen-bond acceptors (Lipinski definition) is 4. The van der Waals surface area contributed by atoms with Gasteiger partial charge in [0.25, 0.3) is 0 Å². The van der Waals surface area contributed by atoms with Crippen molar-refractivity contribution in [3.8, 4) is 0 Å². The van der Waals surface area contributed by atoms with Crippen molar-refractivity contribution in [3.05, 3.63) is 23.9 Å². The molecule has 0 radical (unpaired) electrons. The SMILES string of the molecule is CCCN1CCCC[C@H]1c1cccnc1N1CCOCC1. The standard InChI is InChI=1S/C17H27N3O/c1-2-9-19-10-4-3-7-16(19)15-6-5-8-18-17(15)20-11-13-21-14-12-20/h5-6,8,16H,2-4,7,9-14H2,1H3/t16-/m0/s1. The first-order valence-corrected chi connectivity index (χ1v) is 8.42. The summed E-state index contributed by atoms with van der Waals surface area (Å²) in [6.07, 6.45) is 7.10. The van der Waals surface area contributed by atoms with Crippen LogP contribution in [0.3, 0.4) is 0 Å². The molecular weight excluding hydrogens is 262 g/mol. The minimum atomic E-state index is 0.547. The average Bonchev–Trinajstić information content (AvgIpc) is 2.57. The molecule has 116 valence electrons. The third kappa shape index (κ3) is 3.38. The van der Waals surface area contributed by atoms with Gasteiger partial charge in [0.05, 0.1) is 13.2 Å². The summed E-state index contributed by atoms with van der Waals surface area (Å²) in [5.41, 5.74) is 1.42. The Labute approximate surface area is 128 Å². The highest BCUT2D eigenvalue weighted by atomic mass is 16.5. The Kier molecular flexibility index (Phi) is 5.09. The van der Waals surface area contributed by atoms with Gasteiger partial charge in [0.2, 0.25) is 0 Å². The lowest BCUT2D eigenvalue weighted by molar-refractivity contribution is 0.121. The molecule has 0 saturated carbocycles. The van der Waals surface area contributed by atoms with E-state index in [-0.39, 0.29) is 0 Å². The van der Waals surface area contributed by atoms with Crippen LogP contribution in [0.15, 0.2) is 18.3 Å². The fourth-order valence-corrected chi connectivity index (χ4v) is 3.61. The number of pyridine rings is 1. The van der Waals surface area contributed by atoms with E-state index < -0.39 is 0 Å². The van der Waals surface area contributed by atoms with Crippen molar-refractivity contribution >= 4 is 5.82 Å². The number of nitrogens with zero attached hydrogens (tertiary/aromatic N) is 3. The lowest BCUT2D eigenvalue weighted by atomic mass is 9.95. The Morgan fingerprint density at radius 3 is 2.90 bits per heavy atom. The maximum atomic E-state index is 5.49. The summed E-state index contributed by atoms with van der Waals surface area (Å²) in [4.78, 5) is 9.77. The van der Waals surface area contributed by atoms with E-state index >= 15 is 0 Å². The quantitative estimate of drug-likeness (QED) is 0.852. The summed E-state index contributed by atoms with van der Waals surface area (Å²) in [6, 6.07) is 4.93. The molecule has 0 bridgehead atoms. The zero-order chi connectivity index (χ0) is 14.5. The van der Waals surface area contributed by atoms with Gasteiger partial charge in [0.1, 0.15) is 5.82 Å². The molecule has 4 nitrogen and oxygen atoms in total. The second kappa shape index (κ2) is 7.23. The van der Waals surface area contributed by atoms with Crippen molar-refractivity contribution in [1.29, 1.82) is 0 Å². The molecule has 2 saturated heterocycles. The fourth-order valence-electron chi connectivity index (χ4n) is 3.61. The first kappa shape index (κ1) is 14.8. The predicted octanol–water partition coefficient (Wildman–Crippen LogP) is 2.86. The largest absolute Gasteiger partial charge is 0.378 e. The van der Waals surface area contributed by atoms with Gasteiger partial charge in [0, 0.05) is 30.9 Å². The molecule has 0 spiro atoms. The van der Waals surface area contributed by atoms with Crippen molar-refractivity contribution in [2.45, 2.75) is 38.6 Å². The number of anilines is 1. The lowest BCUT2D eigenvalue weighted by Crippen LogP contribution is -2.39. The van der Waals surface area contributed by atoms with Crippen LogP contribution in [0.5, 0.6) is 0 Å².